The van der Waals surface area contributed by atoms with Gasteiger partial charge >= 0.3 is 0 Å². The van der Waals surface area contributed by atoms with Gasteiger partial charge < -0.3 is 14.9 Å². The molecule has 0 heterocycles. The lowest BCUT2D eigenvalue weighted by Gasteiger charge is -2.11. The molecule has 23 heavy (non-hydrogen) atoms. The fourth-order valence-corrected chi connectivity index (χ4v) is 2.12. The second kappa shape index (κ2) is 9.03. The summed E-state index contributed by atoms with van der Waals surface area (Å²) in [6.45, 7) is 8.17. The molecule has 1 aromatic carbocycles. The highest BCUT2D eigenvalue weighted by atomic mass is 16.5. The maximum Gasteiger partial charge on any atom is 0.170 e. The number of rotatable bonds is 8. The molecule has 0 fully saturated rings. The molecule has 0 unspecified atom stereocenters. The molecule has 0 aliphatic heterocycles. The van der Waals surface area contributed by atoms with Crippen LogP contribution in [0.25, 0.3) is 0 Å². The number of carbonyl (C=O) groups excluding carboxylic acids is 1. The molecule has 0 amide bonds. The molecule has 0 atom stereocenters. The second-order valence-corrected chi connectivity index (χ2v) is 5.80. The van der Waals surface area contributed by atoms with Gasteiger partial charge in [-0.2, -0.15) is 0 Å². The summed E-state index contributed by atoms with van der Waals surface area (Å²) in [6.07, 6.45) is 6.31. The van der Waals surface area contributed by atoms with Gasteiger partial charge in [-0.3, -0.25) is 4.79 Å². The molecule has 126 valence electrons. The van der Waals surface area contributed by atoms with E-state index in [-0.39, 0.29) is 41.6 Å². The Morgan fingerprint density at radius 3 is 2.48 bits per heavy atom. The van der Waals surface area contributed by atoms with Crippen LogP contribution in [-0.2, 0) is 0 Å². The number of ketones is 1. The number of hydrogen-bond donors (Lipinski definition) is 2. The molecule has 0 saturated carbocycles. The number of benzene rings is 1. The first kappa shape index (κ1) is 18.8. The highest BCUT2D eigenvalue weighted by Gasteiger charge is 2.17. The number of phenolic OH excluding ortho intramolecular Hbond substituents is 2. The van der Waals surface area contributed by atoms with Crippen LogP contribution in [0, 0.1) is 0 Å². The van der Waals surface area contributed by atoms with E-state index in [0.717, 1.165) is 18.9 Å². The molecule has 0 saturated heterocycles. The van der Waals surface area contributed by atoms with Gasteiger partial charge in [-0.1, -0.05) is 24.1 Å². The molecule has 1 rings (SSSR count). The fraction of sp³-hybridized carbons (Fsp3) is 0.421. The summed E-state index contributed by atoms with van der Waals surface area (Å²) in [4.78, 5) is 11.9. The summed E-state index contributed by atoms with van der Waals surface area (Å²) in [5.41, 5.74) is 2.61. The third-order valence-corrected chi connectivity index (χ3v) is 3.43. The van der Waals surface area contributed by atoms with E-state index in [9.17, 15) is 15.0 Å². The maximum atomic E-state index is 11.9. The Labute approximate surface area is 138 Å². The first-order valence-corrected chi connectivity index (χ1v) is 7.86. The zero-order valence-corrected chi connectivity index (χ0v) is 14.3. The molecule has 0 radical (unpaired) electrons. The monoisotopic (exact) mass is 318 g/mol. The van der Waals surface area contributed by atoms with Crippen molar-refractivity contribution in [1.29, 1.82) is 0 Å². The van der Waals surface area contributed by atoms with E-state index >= 15 is 0 Å². The summed E-state index contributed by atoms with van der Waals surface area (Å²) in [5.74, 6) is -0.394. The predicted octanol–water partition coefficient (Wildman–Crippen LogP) is 4.76. The highest BCUT2D eigenvalue weighted by Crippen LogP contribution is 2.33. The molecule has 0 aliphatic rings. The Morgan fingerprint density at radius 2 is 1.87 bits per heavy atom. The molecular weight excluding hydrogens is 292 g/mol. The molecule has 0 spiro atoms. The van der Waals surface area contributed by atoms with Crippen molar-refractivity contribution < 1.29 is 19.7 Å². The van der Waals surface area contributed by atoms with Gasteiger partial charge in [0.15, 0.2) is 5.78 Å². The van der Waals surface area contributed by atoms with Crippen molar-refractivity contribution in [1.82, 2.24) is 0 Å². The number of ether oxygens (including phenoxy) is 1. The van der Waals surface area contributed by atoms with E-state index in [1.807, 2.05) is 13.0 Å². The van der Waals surface area contributed by atoms with Crippen LogP contribution in [0.3, 0.4) is 0 Å². The third kappa shape index (κ3) is 6.19. The van der Waals surface area contributed by atoms with Gasteiger partial charge in [-0.15, -0.1) is 0 Å². The van der Waals surface area contributed by atoms with Crippen molar-refractivity contribution in [2.75, 3.05) is 6.61 Å². The average Bonchev–Trinajstić information content (AvgIpc) is 2.45. The smallest absolute Gasteiger partial charge is 0.170 e. The number of phenols is 2. The van der Waals surface area contributed by atoms with E-state index < -0.39 is 0 Å². The summed E-state index contributed by atoms with van der Waals surface area (Å²) in [6, 6.07) is 2.51. The number of carbonyl (C=O) groups is 1. The maximum absolute atomic E-state index is 11.9. The zero-order chi connectivity index (χ0) is 17.4. The van der Waals surface area contributed by atoms with Gasteiger partial charge in [0.1, 0.15) is 29.4 Å². The first-order valence-electron chi connectivity index (χ1n) is 7.86. The summed E-state index contributed by atoms with van der Waals surface area (Å²) in [7, 11) is 0. The third-order valence-electron chi connectivity index (χ3n) is 3.43. The van der Waals surface area contributed by atoms with Crippen LogP contribution in [0.1, 0.15) is 57.3 Å². The lowest BCUT2D eigenvalue weighted by Crippen LogP contribution is -2.04. The van der Waals surface area contributed by atoms with Crippen molar-refractivity contribution in [3.05, 3.63) is 41.0 Å². The number of hydrogen-bond acceptors (Lipinski definition) is 4. The minimum Gasteiger partial charge on any atom is -0.508 e. The van der Waals surface area contributed by atoms with Crippen LogP contribution in [0.5, 0.6) is 17.2 Å². The largest absolute Gasteiger partial charge is 0.508 e. The van der Waals surface area contributed by atoms with Crippen LogP contribution < -0.4 is 4.74 Å². The molecular formula is C19H26O4. The number of Topliss-reactive ketones (excluding diaryl/α,β-unsaturated/α-hetero) is 1. The van der Waals surface area contributed by atoms with Gasteiger partial charge in [-0.25, -0.2) is 0 Å². The highest BCUT2D eigenvalue weighted by molar-refractivity contribution is 6.01. The Kier molecular flexibility index (Phi) is 7.39. The van der Waals surface area contributed by atoms with Crippen molar-refractivity contribution in [3.8, 4) is 17.2 Å². The summed E-state index contributed by atoms with van der Waals surface area (Å²) >= 11 is 0. The molecule has 0 aliphatic carbocycles. The number of aromatic hydroxyl groups is 2. The van der Waals surface area contributed by atoms with E-state index in [1.54, 1.807) is 6.92 Å². The summed E-state index contributed by atoms with van der Waals surface area (Å²) in [5, 5.41) is 19.4. The van der Waals surface area contributed by atoms with Crippen LogP contribution in [0.15, 0.2) is 35.4 Å². The quantitative estimate of drug-likeness (QED) is 0.535. The normalized spacial score (nSPS) is 11.2. The molecule has 2 N–H and O–H groups in total. The first-order chi connectivity index (χ1) is 10.8. The minimum atomic E-state index is -0.254. The van der Waals surface area contributed by atoms with Crippen LogP contribution in [0.4, 0.5) is 0 Å². The lowest BCUT2D eigenvalue weighted by atomic mass is 10.1. The van der Waals surface area contributed by atoms with Crippen molar-refractivity contribution in [2.24, 2.45) is 0 Å². The van der Waals surface area contributed by atoms with E-state index in [0.29, 0.717) is 0 Å². The molecule has 4 heteroatoms. The lowest BCUT2D eigenvalue weighted by molar-refractivity contribution is 0.0982. The second-order valence-electron chi connectivity index (χ2n) is 5.80. The van der Waals surface area contributed by atoms with E-state index in [1.165, 1.54) is 17.2 Å². The standard InChI is InChI=1S/C19H26O4/c1-5-16(21)19-17(22)11-15(20)12-18(19)23-10-9-14(4)8-6-7-13(2)3/h7,9,11-12,20,22H,5-6,8,10H2,1-4H3/b14-9+. The van der Waals surface area contributed by atoms with Crippen molar-refractivity contribution in [3.63, 3.8) is 0 Å². The molecule has 0 aromatic heterocycles. The zero-order valence-electron chi connectivity index (χ0n) is 14.3. The predicted molar refractivity (Wildman–Crippen MR) is 92.3 cm³/mol. The van der Waals surface area contributed by atoms with E-state index in [4.69, 9.17) is 4.74 Å². The fourth-order valence-electron chi connectivity index (χ4n) is 2.12. The van der Waals surface area contributed by atoms with Gasteiger partial charge in [0.05, 0.1) is 0 Å². The van der Waals surface area contributed by atoms with Gasteiger partial charge in [0.25, 0.3) is 0 Å². The van der Waals surface area contributed by atoms with Gasteiger partial charge in [-0.05, 0) is 39.7 Å². The Hall–Kier alpha value is -2.23. The van der Waals surface area contributed by atoms with E-state index in [2.05, 4.69) is 19.9 Å². The molecule has 4 nitrogen and oxygen atoms in total. The Balaban J connectivity index is 2.77. The topological polar surface area (TPSA) is 66.8 Å². The van der Waals surface area contributed by atoms with Gasteiger partial charge in [0, 0.05) is 18.6 Å². The van der Waals surface area contributed by atoms with Crippen LogP contribution >= 0.6 is 0 Å². The van der Waals surface area contributed by atoms with Crippen LogP contribution in [-0.4, -0.2) is 22.6 Å². The number of allylic oxidation sites excluding steroid dienone is 3. The molecule has 1 aromatic rings. The van der Waals surface area contributed by atoms with Crippen molar-refractivity contribution >= 4 is 5.78 Å². The SMILES string of the molecule is CCC(=O)c1c(O)cc(O)cc1OC/C=C(\C)CCC=C(C)C. The van der Waals surface area contributed by atoms with Crippen molar-refractivity contribution in [2.45, 2.75) is 47.0 Å². The van der Waals surface area contributed by atoms with Crippen LogP contribution in [0.2, 0.25) is 0 Å². The summed E-state index contributed by atoms with van der Waals surface area (Å²) < 4.78 is 5.59. The molecule has 0 bridgehead atoms. The average molecular weight is 318 g/mol. The minimum absolute atomic E-state index is 0.126. The Bertz CT molecular complexity index is 608. The van der Waals surface area contributed by atoms with Gasteiger partial charge in [0.2, 0.25) is 0 Å². The Morgan fingerprint density at radius 1 is 1.17 bits per heavy atom.